The first kappa shape index (κ1) is 16.7. The number of alkyl halides is 3. The van der Waals surface area contributed by atoms with Crippen molar-refractivity contribution in [3.63, 3.8) is 0 Å². The normalized spacial score (nSPS) is 22.1. The van der Waals surface area contributed by atoms with Crippen LogP contribution in [0.3, 0.4) is 0 Å². The van der Waals surface area contributed by atoms with Crippen molar-refractivity contribution in [2.45, 2.75) is 45.5 Å². The van der Waals surface area contributed by atoms with Crippen LogP contribution in [0.2, 0.25) is 0 Å². The summed E-state index contributed by atoms with van der Waals surface area (Å²) >= 11 is 0. The van der Waals surface area contributed by atoms with Gasteiger partial charge >= 0.3 is 6.18 Å². The number of carbonyl (C=O) groups excluding carboxylic acids is 2. The number of nitrogens with zero attached hydrogens (tertiary/aromatic N) is 1. The van der Waals surface area contributed by atoms with E-state index in [2.05, 4.69) is 5.32 Å². The molecule has 1 fully saturated rings. The van der Waals surface area contributed by atoms with E-state index in [-0.39, 0.29) is 13.0 Å². The molecular weight excluding hydrogens is 275 g/mol. The lowest BCUT2D eigenvalue weighted by Crippen LogP contribution is -2.53. The van der Waals surface area contributed by atoms with Gasteiger partial charge in [-0.25, -0.2) is 0 Å². The highest BCUT2D eigenvalue weighted by Gasteiger charge is 2.40. The average molecular weight is 295 g/mol. The Morgan fingerprint density at radius 3 is 2.45 bits per heavy atom. The van der Waals surface area contributed by atoms with E-state index in [1.54, 1.807) is 20.8 Å². The van der Waals surface area contributed by atoms with Gasteiger partial charge in [0, 0.05) is 6.54 Å². The number of nitrogens with one attached hydrogen (secondary N) is 1. The lowest BCUT2D eigenvalue weighted by atomic mass is 9.87. The Morgan fingerprint density at radius 1 is 1.45 bits per heavy atom. The summed E-state index contributed by atoms with van der Waals surface area (Å²) in [6.45, 7) is 3.99. The maximum absolute atomic E-state index is 12.3. The van der Waals surface area contributed by atoms with Gasteiger partial charge in [0.1, 0.15) is 12.6 Å². The summed E-state index contributed by atoms with van der Waals surface area (Å²) in [7, 11) is 0. The molecule has 1 aliphatic rings. The van der Waals surface area contributed by atoms with E-state index in [0.29, 0.717) is 4.90 Å². The molecule has 0 bridgehead atoms. The van der Waals surface area contributed by atoms with Gasteiger partial charge in [-0.15, -0.1) is 0 Å². The standard InChI is InChI=1S/C12H20F3N3O2/c1-11(2,3)8(16)9(19)17-7-4-5-18(10(7)20)6-12(13,14)15/h7-8H,4-6,16H2,1-3H3,(H,17,19)/t7?,8-/m1/s1. The molecule has 1 heterocycles. The van der Waals surface area contributed by atoms with Gasteiger partial charge in [-0.1, -0.05) is 20.8 Å². The fraction of sp³-hybridized carbons (Fsp3) is 0.833. The fourth-order valence-electron chi connectivity index (χ4n) is 1.90. The van der Waals surface area contributed by atoms with Crippen LogP contribution in [0.5, 0.6) is 0 Å². The highest BCUT2D eigenvalue weighted by Crippen LogP contribution is 2.22. The number of rotatable bonds is 3. The minimum absolute atomic E-state index is 0.0198. The predicted molar refractivity (Wildman–Crippen MR) is 66.6 cm³/mol. The topological polar surface area (TPSA) is 75.4 Å². The van der Waals surface area contributed by atoms with Crippen molar-refractivity contribution >= 4 is 11.8 Å². The van der Waals surface area contributed by atoms with E-state index < -0.39 is 42.0 Å². The molecule has 2 atom stereocenters. The first-order valence-electron chi connectivity index (χ1n) is 6.33. The molecule has 0 radical (unpaired) electrons. The van der Waals surface area contributed by atoms with Crippen LogP contribution in [0, 0.1) is 5.41 Å². The van der Waals surface area contributed by atoms with Crippen molar-refractivity contribution in [2.24, 2.45) is 11.1 Å². The van der Waals surface area contributed by atoms with Crippen molar-refractivity contribution in [1.29, 1.82) is 0 Å². The molecule has 3 N–H and O–H groups in total. The van der Waals surface area contributed by atoms with Crippen LogP contribution < -0.4 is 11.1 Å². The molecule has 0 aliphatic carbocycles. The third-order valence-corrected chi connectivity index (χ3v) is 3.20. The van der Waals surface area contributed by atoms with Gasteiger partial charge in [0.25, 0.3) is 0 Å². The van der Waals surface area contributed by atoms with Crippen LogP contribution in [-0.4, -0.2) is 48.1 Å². The molecule has 1 rings (SSSR count). The zero-order chi connectivity index (χ0) is 15.7. The zero-order valence-electron chi connectivity index (χ0n) is 11.8. The summed E-state index contributed by atoms with van der Waals surface area (Å²) in [5.41, 5.74) is 5.25. The van der Waals surface area contributed by atoms with Gasteiger partial charge in [0.05, 0.1) is 6.04 Å². The summed E-state index contributed by atoms with van der Waals surface area (Å²) in [5.74, 6) is -1.23. The quantitative estimate of drug-likeness (QED) is 0.802. The van der Waals surface area contributed by atoms with Gasteiger partial charge < -0.3 is 16.0 Å². The molecule has 0 aromatic heterocycles. The fourth-order valence-corrected chi connectivity index (χ4v) is 1.90. The smallest absolute Gasteiger partial charge is 0.343 e. The van der Waals surface area contributed by atoms with E-state index in [0.717, 1.165) is 0 Å². The molecule has 1 aliphatic heterocycles. The number of likely N-dealkylation sites (tertiary alicyclic amines) is 1. The van der Waals surface area contributed by atoms with Gasteiger partial charge in [-0.2, -0.15) is 13.2 Å². The minimum atomic E-state index is -4.43. The zero-order valence-corrected chi connectivity index (χ0v) is 11.8. The molecule has 0 aromatic rings. The third-order valence-electron chi connectivity index (χ3n) is 3.20. The number of nitrogens with two attached hydrogens (primary N) is 1. The van der Waals surface area contributed by atoms with Crippen molar-refractivity contribution in [1.82, 2.24) is 10.2 Å². The largest absolute Gasteiger partial charge is 0.406 e. The maximum Gasteiger partial charge on any atom is 0.406 e. The first-order chi connectivity index (χ1) is 8.92. The third kappa shape index (κ3) is 4.36. The maximum atomic E-state index is 12.3. The molecule has 0 spiro atoms. The minimum Gasteiger partial charge on any atom is -0.343 e. The predicted octanol–water partition coefficient (Wildman–Crippen LogP) is 0.639. The summed E-state index contributed by atoms with van der Waals surface area (Å²) in [5, 5.41) is 2.43. The van der Waals surface area contributed by atoms with E-state index in [1.165, 1.54) is 0 Å². The highest BCUT2D eigenvalue weighted by atomic mass is 19.4. The molecule has 1 saturated heterocycles. The van der Waals surface area contributed by atoms with Gasteiger partial charge in [-0.3, -0.25) is 9.59 Å². The van der Waals surface area contributed by atoms with Crippen molar-refractivity contribution < 1.29 is 22.8 Å². The summed E-state index contributed by atoms with van der Waals surface area (Å²) < 4.78 is 36.8. The van der Waals surface area contributed by atoms with E-state index in [1.807, 2.05) is 0 Å². The molecular formula is C12H20F3N3O2. The number of hydrogen-bond acceptors (Lipinski definition) is 3. The number of amides is 2. The van der Waals surface area contributed by atoms with Gasteiger partial charge in [0.2, 0.25) is 11.8 Å². The number of halogens is 3. The van der Waals surface area contributed by atoms with E-state index in [9.17, 15) is 22.8 Å². The Labute approximate surface area is 115 Å². The summed E-state index contributed by atoms with van der Waals surface area (Å²) in [6.07, 6.45) is -4.27. The van der Waals surface area contributed by atoms with E-state index >= 15 is 0 Å². The van der Waals surface area contributed by atoms with Crippen LogP contribution in [0.25, 0.3) is 0 Å². The number of carbonyl (C=O) groups is 2. The van der Waals surface area contributed by atoms with Crippen molar-refractivity contribution in [3.8, 4) is 0 Å². The Bertz CT molecular complexity index is 390. The first-order valence-corrected chi connectivity index (χ1v) is 6.33. The van der Waals surface area contributed by atoms with Crippen LogP contribution in [0.4, 0.5) is 13.2 Å². The Balaban J connectivity index is 2.59. The second kappa shape index (κ2) is 5.59. The molecule has 116 valence electrons. The van der Waals surface area contributed by atoms with Crippen molar-refractivity contribution in [2.75, 3.05) is 13.1 Å². The number of hydrogen-bond donors (Lipinski definition) is 2. The highest BCUT2D eigenvalue weighted by molar-refractivity contribution is 5.91. The summed E-state index contributed by atoms with van der Waals surface area (Å²) in [6, 6.07) is -1.75. The molecule has 5 nitrogen and oxygen atoms in total. The van der Waals surface area contributed by atoms with Crippen LogP contribution in [-0.2, 0) is 9.59 Å². The molecule has 20 heavy (non-hydrogen) atoms. The van der Waals surface area contributed by atoms with Crippen LogP contribution in [0.15, 0.2) is 0 Å². The van der Waals surface area contributed by atoms with Crippen LogP contribution >= 0.6 is 0 Å². The lowest BCUT2D eigenvalue weighted by molar-refractivity contribution is -0.158. The van der Waals surface area contributed by atoms with E-state index in [4.69, 9.17) is 5.73 Å². The molecule has 0 aromatic carbocycles. The second-order valence-corrected chi connectivity index (χ2v) is 6.07. The van der Waals surface area contributed by atoms with Gasteiger partial charge in [0.15, 0.2) is 0 Å². The second-order valence-electron chi connectivity index (χ2n) is 6.07. The molecule has 8 heteroatoms. The Hall–Kier alpha value is -1.31. The van der Waals surface area contributed by atoms with Crippen LogP contribution in [0.1, 0.15) is 27.2 Å². The molecule has 1 unspecified atom stereocenters. The average Bonchev–Trinajstić information content (AvgIpc) is 2.57. The lowest BCUT2D eigenvalue weighted by Gasteiger charge is -2.27. The monoisotopic (exact) mass is 295 g/mol. The summed E-state index contributed by atoms with van der Waals surface area (Å²) in [4.78, 5) is 24.3. The SMILES string of the molecule is CC(C)(C)[C@H](N)C(=O)NC1CCN(CC(F)(F)F)C1=O. The molecule has 2 amide bonds. The Kier molecular flexibility index (Phi) is 4.68. The Morgan fingerprint density at radius 2 is 2.00 bits per heavy atom. The molecule has 0 saturated carbocycles. The van der Waals surface area contributed by atoms with Crippen molar-refractivity contribution in [3.05, 3.63) is 0 Å². The van der Waals surface area contributed by atoms with Gasteiger partial charge in [-0.05, 0) is 11.8 Å².